The minimum atomic E-state index is 0.298. The lowest BCUT2D eigenvalue weighted by Gasteiger charge is -2.11. The van der Waals surface area contributed by atoms with Gasteiger partial charge in [0.1, 0.15) is 5.76 Å². The van der Waals surface area contributed by atoms with Crippen molar-refractivity contribution in [3.05, 3.63) is 22.6 Å². The number of rotatable bonds is 4. The molecule has 1 heterocycles. The third-order valence-electron chi connectivity index (χ3n) is 3.00. The summed E-state index contributed by atoms with van der Waals surface area (Å²) < 4.78 is 6.45. The van der Waals surface area contributed by atoms with Crippen molar-refractivity contribution < 1.29 is 4.42 Å². The van der Waals surface area contributed by atoms with Crippen LogP contribution < -0.4 is 5.32 Å². The van der Waals surface area contributed by atoms with E-state index in [0.717, 1.165) is 28.6 Å². The van der Waals surface area contributed by atoms with Gasteiger partial charge < -0.3 is 9.73 Å². The molecule has 14 heavy (non-hydrogen) atoms. The number of nitrogens with one attached hydrogen (secondary N) is 1. The van der Waals surface area contributed by atoms with E-state index in [9.17, 15) is 0 Å². The van der Waals surface area contributed by atoms with Crippen LogP contribution in [0.1, 0.15) is 32.1 Å². The molecule has 2 rings (SSSR count). The molecule has 1 aromatic heterocycles. The van der Waals surface area contributed by atoms with Gasteiger partial charge in [0, 0.05) is 0 Å². The van der Waals surface area contributed by atoms with Gasteiger partial charge in [0.2, 0.25) is 0 Å². The minimum Gasteiger partial charge on any atom is -0.466 e. The van der Waals surface area contributed by atoms with E-state index in [-0.39, 0.29) is 0 Å². The van der Waals surface area contributed by atoms with Crippen LogP contribution in [0.4, 0.5) is 0 Å². The summed E-state index contributed by atoms with van der Waals surface area (Å²) in [5.41, 5.74) is 0. The molecule has 3 heteroatoms. The van der Waals surface area contributed by atoms with Crippen molar-refractivity contribution in [1.82, 2.24) is 5.32 Å². The molecule has 1 aromatic rings. The van der Waals surface area contributed by atoms with Gasteiger partial charge in [0.05, 0.1) is 16.8 Å². The predicted octanol–water partition coefficient (Wildman–Crippen LogP) is 3.35. The van der Waals surface area contributed by atoms with Crippen LogP contribution in [-0.4, -0.2) is 6.54 Å². The second kappa shape index (κ2) is 4.07. The normalized spacial score (nSPS) is 27.6. The Morgan fingerprint density at radius 1 is 1.71 bits per heavy atom. The SMILES string of the molecule is CC(NCC1CC1C)c1occc1Br. The standard InChI is InChI=1S/C11H16BrNO/c1-7-5-9(7)6-13-8(2)11-10(12)3-4-14-11/h3-4,7-9,13H,5-6H2,1-2H3. The minimum absolute atomic E-state index is 0.298. The molecule has 3 atom stereocenters. The fourth-order valence-corrected chi connectivity index (χ4v) is 2.26. The summed E-state index contributed by atoms with van der Waals surface area (Å²) in [7, 11) is 0. The average Bonchev–Trinajstić information content (AvgIpc) is 2.67. The van der Waals surface area contributed by atoms with Gasteiger partial charge in [-0.3, -0.25) is 0 Å². The van der Waals surface area contributed by atoms with Crippen LogP contribution in [0.25, 0.3) is 0 Å². The summed E-state index contributed by atoms with van der Waals surface area (Å²) in [6, 6.07) is 2.24. The van der Waals surface area contributed by atoms with E-state index in [2.05, 4.69) is 35.1 Å². The monoisotopic (exact) mass is 257 g/mol. The molecule has 2 nitrogen and oxygen atoms in total. The summed E-state index contributed by atoms with van der Waals surface area (Å²) in [5, 5.41) is 3.49. The van der Waals surface area contributed by atoms with Crippen molar-refractivity contribution >= 4 is 15.9 Å². The lowest BCUT2D eigenvalue weighted by molar-refractivity contribution is 0.421. The molecule has 3 unspecified atom stereocenters. The molecule has 0 radical (unpaired) electrons. The van der Waals surface area contributed by atoms with Crippen molar-refractivity contribution in [2.45, 2.75) is 26.3 Å². The lowest BCUT2D eigenvalue weighted by Crippen LogP contribution is -2.21. The number of hydrogen-bond donors (Lipinski definition) is 1. The Morgan fingerprint density at radius 3 is 2.93 bits per heavy atom. The zero-order valence-electron chi connectivity index (χ0n) is 8.59. The van der Waals surface area contributed by atoms with Gasteiger partial charge >= 0.3 is 0 Å². The summed E-state index contributed by atoms with van der Waals surface area (Å²) in [6.45, 7) is 5.55. The highest BCUT2D eigenvalue weighted by molar-refractivity contribution is 9.10. The molecule has 78 valence electrons. The highest BCUT2D eigenvalue weighted by atomic mass is 79.9. The van der Waals surface area contributed by atoms with Crippen molar-refractivity contribution in [3.63, 3.8) is 0 Å². The van der Waals surface area contributed by atoms with Gasteiger partial charge in [-0.25, -0.2) is 0 Å². The molecule has 1 fully saturated rings. The fraction of sp³-hybridized carbons (Fsp3) is 0.636. The maximum Gasteiger partial charge on any atom is 0.134 e. The van der Waals surface area contributed by atoms with Crippen molar-refractivity contribution in [2.75, 3.05) is 6.54 Å². The zero-order valence-corrected chi connectivity index (χ0v) is 10.2. The van der Waals surface area contributed by atoms with Crippen LogP contribution in [-0.2, 0) is 0 Å². The van der Waals surface area contributed by atoms with E-state index in [1.807, 2.05) is 6.07 Å². The first-order valence-corrected chi connectivity index (χ1v) is 5.94. The van der Waals surface area contributed by atoms with Gasteiger partial charge in [-0.1, -0.05) is 6.92 Å². The van der Waals surface area contributed by atoms with E-state index < -0.39 is 0 Å². The Balaban J connectivity index is 1.83. The lowest BCUT2D eigenvalue weighted by atomic mass is 10.2. The summed E-state index contributed by atoms with van der Waals surface area (Å²) in [6.07, 6.45) is 3.09. The van der Waals surface area contributed by atoms with E-state index in [0.29, 0.717) is 6.04 Å². The van der Waals surface area contributed by atoms with Gasteiger partial charge in [0.25, 0.3) is 0 Å². The Morgan fingerprint density at radius 2 is 2.43 bits per heavy atom. The predicted molar refractivity (Wildman–Crippen MR) is 60.1 cm³/mol. The molecule has 0 amide bonds. The molecule has 1 N–H and O–H groups in total. The number of hydrogen-bond acceptors (Lipinski definition) is 2. The summed E-state index contributed by atoms with van der Waals surface area (Å²) in [5.74, 6) is 2.79. The van der Waals surface area contributed by atoms with Crippen LogP contribution in [0.5, 0.6) is 0 Å². The average molecular weight is 258 g/mol. The first-order valence-electron chi connectivity index (χ1n) is 5.14. The molecule has 0 aliphatic heterocycles. The Bertz CT molecular complexity index is 310. The molecule has 1 saturated carbocycles. The third kappa shape index (κ3) is 2.20. The molecule has 1 aliphatic carbocycles. The molecule has 0 aromatic carbocycles. The Labute approximate surface area is 93.2 Å². The van der Waals surface area contributed by atoms with E-state index in [1.54, 1.807) is 6.26 Å². The van der Waals surface area contributed by atoms with Gasteiger partial charge in [-0.05, 0) is 53.7 Å². The Kier molecular flexibility index (Phi) is 2.98. The van der Waals surface area contributed by atoms with Crippen molar-refractivity contribution in [3.8, 4) is 0 Å². The number of halogens is 1. The Hall–Kier alpha value is -0.280. The fourth-order valence-electron chi connectivity index (χ4n) is 1.72. The highest BCUT2D eigenvalue weighted by Gasteiger charge is 2.32. The molecular weight excluding hydrogens is 242 g/mol. The zero-order chi connectivity index (χ0) is 10.1. The van der Waals surface area contributed by atoms with Gasteiger partial charge in [-0.15, -0.1) is 0 Å². The maximum atomic E-state index is 5.40. The smallest absolute Gasteiger partial charge is 0.134 e. The summed E-state index contributed by atoms with van der Waals surface area (Å²) in [4.78, 5) is 0. The molecule has 0 spiro atoms. The third-order valence-corrected chi connectivity index (χ3v) is 3.66. The van der Waals surface area contributed by atoms with Crippen LogP contribution in [0, 0.1) is 11.8 Å². The van der Waals surface area contributed by atoms with Crippen molar-refractivity contribution in [1.29, 1.82) is 0 Å². The first-order chi connectivity index (χ1) is 6.68. The molecule has 1 aliphatic rings. The van der Waals surface area contributed by atoms with Crippen LogP contribution in [0.3, 0.4) is 0 Å². The molecular formula is C11H16BrNO. The van der Waals surface area contributed by atoms with Gasteiger partial charge in [0.15, 0.2) is 0 Å². The summed E-state index contributed by atoms with van der Waals surface area (Å²) >= 11 is 3.47. The van der Waals surface area contributed by atoms with E-state index in [4.69, 9.17) is 4.42 Å². The quantitative estimate of drug-likeness (QED) is 0.895. The second-order valence-electron chi connectivity index (χ2n) is 4.24. The maximum absolute atomic E-state index is 5.40. The van der Waals surface area contributed by atoms with Crippen LogP contribution >= 0.6 is 15.9 Å². The second-order valence-corrected chi connectivity index (χ2v) is 5.09. The first kappa shape index (κ1) is 10.2. The largest absolute Gasteiger partial charge is 0.466 e. The molecule has 0 saturated heterocycles. The van der Waals surface area contributed by atoms with E-state index >= 15 is 0 Å². The van der Waals surface area contributed by atoms with Gasteiger partial charge in [-0.2, -0.15) is 0 Å². The van der Waals surface area contributed by atoms with Crippen LogP contribution in [0.2, 0.25) is 0 Å². The van der Waals surface area contributed by atoms with E-state index in [1.165, 1.54) is 6.42 Å². The van der Waals surface area contributed by atoms with Crippen LogP contribution in [0.15, 0.2) is 21.2 Å². The highest BCUT2D eigenvalue weighted by Crippen LogP contribution is 2.37. The topological polar surface area (TPSA) is 25.2 Å². The number of furan rings is 1. The van der Waals surface area contributed by atoms with Crippen molar-refractivity contribution in [2.24, 2.45) is 11.8 Å². The molecule has 0 bridgehead atoms.